The molecule has 22 heteroatoms. The van der Waals surface area contributed by atoms with Gasteiger partial charge in [0.15, 0.2) is 6.23 Å². The van der Waals surface area contributed by atoms with Crippen LogP contribution in [0.3, 0.4) is 0 Å². The Morgan fingerprint density at radius 1 is 1.35 bits per heavy atom. The monoisotopic (exact) mass is 553 g/mol. The van der Waals surface area contributed by atoms with Crippen molar-refractivity contribution in [3.05, 3.63) is 27.0 Å². The normalized spacial score (nSPS) is 32.0. The molecule has 1 aliphatic heterocycles. The summed E-state index contributed by atoms with van der Waals surface area (Å²) in [4.78, 5) is 59.0. The molecule has 0 amide bonds. The number of aromatic amines is 1. The van der Waals surface area contributed by atoms with E-state index in [1.54, 1.807) is 4.98 Å². The minimum atomic E-state index is -5.96. The first-order valence-corrected chi connectivity index (χ1v) is 13.7. The lowest BCUT2D eigenvalue weighted by atomic mass is 10.0. The first-order valence-electron chi connectivity index (χ1n) is 8.38. The van der Waals surface area contributed by atoms with Crippen LogP contribution >= 0.6 is 43.0 Å². The van der Waals surface area contributed by atoms with Crippen LogP contribution in [0.15, 0.2) is 15.8 Å². The second kappa shape index (κ2) is 9.49. The average molecular weight is 554 g/mol. The number of H-pyrrole nitrogens is 1. The van der Waals surface area contributed by atoms with Crippen molar-refractivity contribution in [3.63, 3.8) is 0 Å². The van der Waals surface area contributed by atoms with Gasteiger partial charge in [0.1, 0.15) is 30.0 Å². The van der Waals surface area contributed by atoms with Gasteiger partial charge in [0.05, 0.1) is 9.30 Å². The fourth-order valence-electron chi connectivity index (χ4n) is 2.18. The summed E-state index contributed by atoms with van der Waals surface area (Å²) >= 11 is 5.98. The zero-order valence-electron chi connectivity index (χ0n) is 16.5. The van der Waals surface area contributed by atoms with Gasteiger partial charge < -0.3 is 29.4 Å². The molecule has 31 heavy (non-hydrogen) atoms. The molecular formula is C9H15ClFN3O13P4. The van der Waals surface area contributed by atoms with Crippen LogP contribution < -0.4 is 11.2 Å². The van der Waals surface area contributed by atoms with Crippen molar-refractivity contribution in [2.75, 3.05) is 13.2 Å². The number of aromatic nitrogens is 3. The first-order chi connectivity index (χ1) is 14.7. The Labute approximate surface area is 180 Å². The molecule has 0 aromatic carbocycles. The molecule has 0 saturated carbocycles. The molecule has 6 atom stereocenters. The van der Waals surface area contributed by atoms with E-state index in [2.05, 4.69) is 26.8 Å². The van der Waals surface area contributed by atoms with Crippen LogP contribution in [0.1, 0.15) is 8.97 Å². The van der Waals surface area contributed by atoms with Crippen molar-refractivity contribution < 1.29 is 58.8 Å². The van der Waals surface area contributed by atoms with E-state index in [-0.39, 0.29) is 4.68 Å². The fourth-order valence-corrected chi connectivity index (χ4v) is 6.31. The van der Waals surface area contributed by atoms with E-state index in [1.165, 1.54) is 0 Å². The molecule has 6 N–H and O–H groups in total. The minimum Gasteiger partial charge on any atom is -0.388 e. The number of halogens is 2. The number of alkyl halides is 2. The summed E-state index contributed by atoms with van der Waals surface area (Å²) in [7, 11) is -14.3. The van der Waals surface area contributed by atoms with E-state index >= 15 is 0 Å². The Morgan fingerprint density at radius 3 is 2.48 bits per heavy atom. The number of rotatable bonds is 9. The Balaban J connectivity index is 2.35. The highest BCUT2D eigenvalue weighted by molar-refractivity contribution is 7.91. The maximum atomic E-state index is 13.7. The Morgan fingerprint density at radius 2 is 1.97 bits per heavy atom. The van der Waals surface area contributed by atoms with Crippen LogP contribution in [0.5, 0.6) is 0 Å². The third kappa shape index (κ3) is 6.83. The van der Waals surface area contributed by atoms with E-state index in [0.717, 1.165) is 0 Å². The first kappa shape index (κ1) is 23.8. The number of hydrogen-bond acceptors (Lipinski definition) is 10. The Bertz CT molecular complexity index is 1160. The summed E-state index contributed by atoms with van der Waals surface area (Å²) in [6.07, 6.45) is -6.43. The predicted octanol–water partition coefficient (Wildman–Crippen LogP) is -0.807. The number of ether oxygens (including phenoxy) is 1. The molecule has 0 spiro atoms. The molecule has 16 nitrogen and oxygen atoms in total. The summed E-state index contributed by atoms with van der Waals surface area (Å²) in [5, 5.41) is 13.7. The standard InChI is InChI=1S/C9H15ClFN3O13P4/c10-9(3-11)6(16)4(25-7(9)14-8(17)13-5(15)1-12-14)2-24-29(18,19)26-30(20,21)27-31(22,23)28/h1,4,6-7,16,22-23,28H,2-3H2,(H,18,19)(H,20,21)(H,13,15,17)/t4-,6+,7-,9?/m1/s1/i2D2. The van der Waals surface area contributed by atoms with Gasteiger partial charge in [-0.1, -0.05) is 0 Å². The van der Waals surface area contributed by atoms with Gasteiger partial charge in [0.25, 0.3) is 12.8 Å². The van der Waals surface area contributed by atoms with Crippen LogP contribution in [-0.4, -0.2) is 69.8 Å². The van der Waals surface area contributed by atoms with Gasteiger partial charge in [0.2, 0.25) is 0 Å². The molecular weight excluding hydrogens is 536 g/mol. The van der Waals surface area contributed by atoms with Crippen LogP contribution in [0.4, 0.5) is 4.39 Å². The summed E-state index contributed by atoms with van der Waals surface area (Å²) in [6.45, 7) is -5.34. The molecule has 2 rings (SSSR count). The van der Waals surface area contributed by atoms with E-state index in [4.69, 9.17) is 28.9 Å². The zero-order valence-corrected chi connectivity index (χ0v) is 18.9. The van der Waals surface area contributed by atoms with Crippen LogP contribution in [0, 0.1) is 0 Å². The van der Waals surface area contributed by atoms with Gasteiger partial charge in [-0.3, -0.25) is 14.3 Å². The second-order valence-electron chi connectivity index (χ2n) is 5.65. The molecule has 0 bridgehead atoms. The average Bonchev–Trinajstić information content (AvgIpc) is 2.83. The van der Waals surface area contributed by atoms with Crippen molar-refractivity contribution in [3.8, 4) is 0 Å². The van der Waals surface area contributed by atoms with Crippen molar-refractivity contribution in [1.29, 1.82) is 0 Å². The lowest BCUT2D eigenvalue weighted by Gasteiger charge is -2.26. The summed E-state index contributed by atoms with van der Waals surface area (Å²) < 4.78 is 69.7. The maximum Gasteiger partial charge on any atom is 0.488 e. The van der Waals surface area contributed by atoms with E-state index < -0.39 is 70.7 Å². The number of nitrogens with zero attached hydrogens (tertiary/aromatic N) is 2. The van der Waals surface area contributed by atoms with E-state index in [1.807, 2.05) is 0 Å². The zero-order chi connectivity index (χ0) is 25.6. The van der Waals surface area contributed by atoms with Crippen LogP contribution in [-0.2, 0) is 27.0 Å². The molecule has 1 aromatic heterocycles. The fraction of sp³-hybridized carbons (Fsp3) is 0.667. The molecule has 2 heterocycles. The van der Waals surface area contributed by atoms with Crippen molar-refractivity contribution in [1.82, 2.24) is 14.8 Å². The topological polar surface area (TPSA) is 240 Å². The number of aliphatic hydroxyl groups excluding tert-OH is 1. The smallest absolute Gasteiger partial charge is 0.388 e. The van der Waals surface area contributed by atoms with Gasteiger partial charge in [-0.25, -0.2) is 22.6 Å². The van der Waals surface area contributed by atoms with Gasteiger partial charge >= 0.3 is 21.3 Å². The Kier molecular flexibility index (Phi) is 7.29. The second-order valence-corrected chi connectivity index (χ2v) is 12.6. The summed E-state index contributed by atoms with van der Waals surface area (Å²) in [5.74, 6) is 0. The highest BCUT2D eigenvalue weighted by Gasteiger charge is 2.58. The number of phosphoric ester groups is 1. The minimum absolute atomic E-state index is 0.250. The third-order valence-electron chi connectivity index (χ3n) is 3.34. The molecule has 1 aromatic rings. The number of phosphoric acid groups is 2. The molecule has 178 valence electrons. The molecule has 1 saturated heterocycles. The lowest BCUT2D eigenvalue weighted by Crippen LogP contribution is -2.47. The van der Waals surface area contributed by atoms with Crippen molar-refractivity contribution in [2.45, 2.75) is 23.3 Å². The molecule has 0 aliphatic carbocycles. The van der Waals surface area contributed by atoms with Crippen molar-refractivity contribution in [2.24, 2.45) is 0 Å². The Hall–Kier alpha value is -0.340. The molecule has 3 unspecified atom stereocenters. The number of aliphatic hydroxyl groups is 1. The van der Waals surface area contributed by atoms with Gasteiger partial charge in [-0.05, 0) is 8.53 Å². The number of nitrogens with one attached hydrogen (secondary N) is 1. The third-order valence-corrected chi connectivity index (χ3v) is 8.31. The van der Waals surface area contributed by atoms with Crippen LogP contribution in [0.25, 0.3) is 0 Å². The van der Waals surface area contributed by atoms with Crippen molar-refractivity contribution >= 4 is 43.0 Å². The SMILES string of the molecule is [2H]C([2H])(OP(=O)(O)OP(=O)(O)OP(O)(O)=P)[C@H]1O[C@@H](n2ncc(=O)[nH]c2=O)C(Cl)(CF)[C@H]1O. The quantitative estimate of drug-likeness (QED) is 0.162. The van der Waals surface area contributed by atoms with Gasteiger partial charge in [-0.2, -0.15) is 14.1 Å². The summed E-state index contributed by atoms with van der Waals surface area (Å²) in [6, 6.07) is 0. The highest BCUT2D eigenvalue weighted by atomic mass is 35.5. The summed E-state index contributed by atoms with van der Waals surface area (Å²) in [5.41, 5.74) is -2.27. The predicted molar refractivity (Wildman–Crippen MR) is 101 cm³/mol. The highest BCUT2D eigenvalue weighted by Crippen LogP contribution is 2.67. The molecule has 1 aliphatic rings. The lowest BCUT2D eigenvalue weighted by molar-refractivity contribution is -0.0519. The largest absolute Gasteiger partial charge is 0.488 e. The van der Waals surface area contributed by atoms with E-state index in [0.29, 0.717) is 6.20 Å². The maximum absolute atomic E-state index is 13.7. The van der Waals surface area contributed by atoms with Crippen LogP contribution in [0.2, 0.25) is 0 Å². The van der Waals surface area contributed by atoms with Gasteiger partial charge in [0, 0.05) is 0 Å². The number of hydrogen-bond donors (Lipinski definition) is 6. The van der Waals surface area contributed by atoms with E-state index in [9.17, 15) is 38.0 Å². The van der Waals surface area contributed by atoms with Gasteiger partial charge in [-0.15, -0.1) is 11.6 Å². The molecule has 1 fully saturated rings. The molecule has 0 radical (unpaired) electrons.